The first-order valence-electron chi connectivity index (χ1n) is 4.86. The Morgan fingerprint density at radius 1 is 1.33 bits per heavy atom. The van der Waals surface area contributed by atoms with Crippen molar-refractivity contribution in [3.05, 3.63) is 12.2 Å². The van der Waals surface area contributed by atoms with E-state index in [-0.39, 0.29) is 18.0 Å². The molecule has 86 valence electrons. The van der Waals surface area contributed by atoms with Crippen molar-refractivity contribution in [2.75, 3.05) is 6.54 Å². The Labute approximate surface area is 89.6 Å². The summed E-state index contributed by atoms with van der Waals surface area (Å²) in [5.41, 5.74) is 0. The van der Waals surface area contributed by atoms with Crippen molar-refractivity contribution in [2.45, 2.75) is 32.9 Å². The molecule has 15 heavy (non-hydrogen) atoms. The van der Waals surface area contributed by atoms with Crippen molar-refractivity contribution in [1.29, 1.82) is 0 Å². The van der Waals surface area contributed by atoms with Gasteiger partial charge in [0.25, 0.3) is 0 Å². The largest absolute Gasteiger partial charge is 0.478 e. The number of carbonyl (C=O) groups is 2. The van der Waals surface area contributed by atoms with Gasteiger partial charge in [0.1, 0.15) is 0 Å². The van der Waals surface area contributed by atoms with Gasteiger partial charge in [-0.2, -0.15) is 0 Å². The molecule has 3 N–H and O–H groups in total. The Hall–Kier alpha value is -1.36. The van der Waals surface area contributed by atoms with Gasteiger partial charge >= 0.3 is 5.97 Å². The Bertz CT molecular complexity index is 249. The molecule has 0 radical (unpaired) electrons. The fraction of sp³-hybridized carbons (Fsp3) is 0.600. The second-order valence-corrected chi connectivity index (χ2v) is 3.53. The average Bonchev–Trinajstić information content (AvgIpc) is 2.10. The van der Waals surface area contributed by atoms with Crippen LogP contribution in [0.15, 0.2) is 12.2 Å². The monoisotopic (exact) mass is 214 g/mol. The van der Waals surface area contributed by atoms with Gasteiger partial charge in [-0.05, 0) is 20.8 Å². The summed E-state index contributed by atoms with van der Waals surface area (Å²) in [5, 5.41) is 13.9. The molecule has 0 aromatic carbocycles. The van der Waals surface area contributed by atoms with E-state index in [4.69, 9.17) is 5.11 Å². The third-order valence-electron chi connectivity index (χ3n) is 1.63. The number of carboxylic acids is 1. The number of nitrogens with one attached hydrogen (secondary N) is 2. The summed E-state index contributed by atoms with van der Waals surface area (Å²) in [6.45, 7) is 5.86. The number of carbonyl (C=O) groups excluding carboxylic acids is 1. The second kappa shape index (κ2) is 7.00. The van der Waals surface area contributed by atoms with Gasteiger partial charge in [0.2, 0.25) is 5.91 Å². The number of rotatable bonds is 6. The quantitative estimate of drug-likeness (QED) is 0.549. The molecule has 0 aliphatic carbocycles. The molecule has 5 nitrogen and oxygen atoms in total. The highest BCUT2D eigenvalue weighted by Gasteiger charge is 2.11. The highest BCUT2D eigenvalue weighted by atomic mass is 16.4. The van der Waals surface area contributed by atoms with Gasteiger partial charge in [-0.15, -0.1) is 0 Å². The minimum absolute atomic E-state index is 0.0891. The molecule has 0 spiro atoms. The summed E-state index contributed by atoms with van der Waals surface area (Å²) in [6, 6.07) is -0.220. The SMILES string of the molecule is CC(C)NC(=O)C(C)NC/C=C/C(=O)O. The molecule has 1 atom stereocenters. The summed E-state index contributed by atoms with van der Waals surface area (Å²) < 4.78 is 0. The maximum absolute atomic E-state index is 11.4. The molecule has 0 fully saturated rings. The Kier molecular flexibility index (Phi) is 6.37. The van der Waals surface area contributed by atoms with Crippen LogP contribution in [-0.2, 0) is 9.59 Å². The Balaban J connectivity index is 3.78. The fourth-order valence-corrected chi connectivity index (χ4v) is 0.907. The number of hydrogen-bond acceptors (Lipinski definition) is 3. The molecular weight excluding hydrogens is 196 g/mol. The minimum Gasteiger partial charge on any atom is -0.478 e. The first kappa shape index (κ1) is 13.6. The Morgan fingerprint density at radius 3 is 2.40 bits per heavy atom. The zero-order valence-corrected chi connectivity index (χ0v) is 9.28. The molecule has 1 amide bonds. The van der Waals surface area contributed by atoms with E-state index in [2.05, 4.69) is 10.6 Å². The molecule has 0 aliphatic rings. The summed E-state index contributed by atoms with van der Waals surface area (Å²) in [5.74, 6) is -1.08. The van der Waals surface area contributed by atoms with Gasteiger partial charge < -0.3 is 15.7 Å². The summed E-state index contributed by atoms with van der Waals surface area (Å²) in [6.07, 6.45) is 2.50. The molecule has 0 aromatic heterocycles. The molecule has 0 heterocycles. The number of carboxylic acid groups (broad SMARTS) is 1. The summed E-state index contributed by atoms with van der Waals surface area (Å²) >= 11 is 0. The van der Waals surface area contributed by atoms with E-state index in [0.29, 0.717) is 6.54 Å². The second-order valence-electron chi connectivity index (χ2n) is 3.53. The van der Waals surface area contributed by atoms with Crippen LogP contribution in [0, 0.1) is 0 Å². The number of amides is 1. The zero-order chi connectivity index (χ0) is 11.8. The predicted octanol–water partition coefficient (Wildman–Crippen LogP) is 0.130. The highest BCUT2D eigenvalue weighted by molar-refractivity contribution is 5.81. The van der Waals surface area contributed by atoms with Crippen LogP contribution < -0.4 is 10.6 Å². The van der Waals surface area contributed by atoms with E-state index in [9.17, 15) is 9.59 Å². The third kappa shape index (κ3) is 7.69. The highest BCUT2D eigenvalue weighted by Crippen LogP contribution is 1.85. The van der Waals surface area contributed by atoms with Gasteiger partial charge in [0, 0.05) is 18.7 Å². The first-order chi connectivity index (χ1) is 6.93. The van der Waals surface area contributed by atoms with Crippen molar-refractivity contribution >= 4 is 11.9 Å². The fourth-order valence-electron chi connectivity index (χ4n) is 0.907. The normalized spacial score (nSPS) is 13.1. The predicted molar refractivity (Wildman–Crippen MR) is 57.5 cm³/mol. The van der Waals surface area contributed by atoms with Crippen LogP contribution in [0.5, 0.6) is 0 Å². The molecule has 1 unspecified atom stereocenters. The Morgan fingerprint density at radius 2 is 1.93 bits per heavy atom. The van der Waals surface area contributed by atoms with Gasteiger partial charge in [-0.25, -0.2) is 4.79 Å². The van der Waals surface area contributed by atoms with Crippen LogP contribution in [-0.4, -0.2) is 35.6 Å². The van der Waals surface area contributed by atoms with Crippen molar-refractivity contribution in [3.63, 3.8) is 0 Å². The molecule has 0 aliphatic heterocycles. The van der Waals surface area contributed by atoms with Crippen molar-refractivity contribution in [1.82, 2.24) is 10.6 Å². The topological polar surface area (TPSA) is 78.4 Å². The molecule has 0 rings (SSSR count). The standard InChI is InChI=1S/C10H18N2O3/c1-7(2)12-10(15)8(3)11-6-4-5-9(13)14/h4-5,7-8,11H,6H2,1-3H3,(H,12,15)(H,13,14)/b5-4+. The van der Waals surface area contributed by atoms with Crippen LogP contribution >= 0.6 is 0 Å². The van der Waals surface area contributed by atoms with Crippen molar-refractivity contribution in [3.8, 4) is 0 Å². The van der Waals surface area contributed by atoms with E-state index >= 15 is 0 Å². The lowest BCUT2D eigenvalue weighted by Gasteiger charge is -2.14. The van der Waals surface area contributed by atoms with E-state index < -0.39 is 5.97 Å². The van der Waals surface area contributed by atoms with Crippen LogP contribution in [0.4, 0.5) is 0 Å². The molecule has 0 bridgehead atoms. The smallest absolute Gasteiger partial charge is 0.328 e. The molecule has 0 saturated heterocycles. The minimum atomic E-state index is -0.990. The molecule has 0 saturated carbocycles. The summed E-state index contributed by atoms with van der Waals surface area (Å²) in [7, 11) is 0. The van der Waals surface area contributed by atoms with Gasteiger partial charge in [-0.3, -0.25) is 4.79 Å². The van der Waals surface area contributed by atoms with Crippen LogP contribution in [0.3, 0.4) is 0 Å². The van der Waals surface area contributed by atoms with Gasteiger partial charge in [0.15, 0.2) is 0 Å². The van der Waals surface area contributed by atoms with Crippen LogP contribution in [0.25, 0.3) is 0 Å². The van der Waals surface area contributed by atoms with E-state index in [1.165, 1.54) is 6.08 Å². The molecule has 0 aromatic rings. The van der Waals surface area contributed by atoms with E-state index in [1.807, 2.05) is 13.8 Å². The summed E-state index contributed by atoms with van der Waals surface area (Å²) in [4.78, 5) is 21.5. The average molecular weight is 214 g/mol. The molecular formula is C10H18N2O3. The zero-order valence-electron chi connectivity index (χ0n) is 9.28. The van der Waals surface area contributed by atoms with Gasteiger partial charge in [0.05, 0.1) is 6.04 Å². The van der Waals surface area contributed by atoms with Crippen molar-refractivity contribution in [2.24, 2.45) is 0 Å². The molecule has 5 heteroatoms. The number of hydrogen-bond donors (Lipinski definition) is 3. The van der Waals surface area contributed by atoms with Crippen molar-refractivity contribution < 1.29 is 14.7 Å². The number of aliphatic carboxylic acids is 1. The van der Waals surface area contributed by atoms with E-state index in [0.717, 1.165) is 6.08 Å². The van der Waals surface area contributed by atoms with Crippen LogP contribution in [0.1, 0.15) is 20.8 Å². The lowest BCUT2D eigenvalue weighted by molar-refractivity contribution is -0.131. The first-order valence-corrected chi connectivity index (χ1v) is 4.86. The lowest BCUT2D eigenvalue weighted by atomic mass is 10.3. The van der Waals surface area contributed by atoms with E-state index in [1.54, 1.807) is 6.92 Å². The van der Waals surface area contributed by atoms with Gasteiger partial charge in [-0.1, -0.05) is 6.08 Å². The van der Waals surface area contributed by atoms with Crippen LogP contribution in [0.2, 0.25) is 0 Å². The maximum Gasteiger partial charge on any atom is 0.328 e. The lowest BCUT2D eigenvalue weighted by Crippen LogP contribution is -2.44. The third-order valence-corrected chi connectivity index (χ3v) is 1.63. The maximum atomic E-state index is 11.4.